The molecular weight excluding hydrogens is 551 g/mol. The number of carbonyl (C=O) groups excluding carboxylic acids is 3. The van der Waals surface area contributed by atoms with Gasteiger partial charge in [-0.1, -0.05) is 23.2 Å². The normalized spacial score (nSPS) is 18.8. The number of pyridine rings is 2. The molecule has 0 saturated carbocycles. The molecule has 1 aromatic carbocycles. The van der Waals surface area contributed by atoms with Gasteiger partial charge in [0.1, 0.15) is 5.69 Å². The number of amides is 3. The van der Waals surface area contributed by atoms with Crippen LogP contribution in [0.2, 0.25) is 10.0 Å². The van der Waals surface area contributed by atoms with Gasteiger partial charge in [0.2, 0.25) is 12.1 Å². The molecule has 0 spiro atoms. The molecule has 1 fully saturated rings. The second kappa shape index (κ2) is 10.8. The average molecular weight is 580 g/mol. The second-order valence-electron chi connectivity index (χ2n) is 10.7. The molecule has 40 heavy (non-hydrogen) atoms. The monoisotopic (exact) mass is 579 g/mol. The zero-order valence-corrected chi connectivity index (χ0v) is 23.3. The van der Waals surface area contributed by atoms with Crippen molar-refractivity contribution < 1.29 is 24.5 Å². The fourth-order valence-electron chi connectivity index (χ4n) is 6.46. The van der Waals surface area contributed by atoms with E-state index in [0.717, 1.165) is 48.1 Å². The molecule has 4 heterocycles. The number of likely N-dealkylation sites (tertiary alicyclic amines) is 1. The van der Waals surface area contributed by atoms with Gasteiger partial charge in [-0.2, -0.15) is 0 Å². The van der Waals surface area contributed by atoms with Gasteiger partial charge in [0, 0.05) is 47.9 Å². The summed E-state index contributed by atoms with van der Waals surface area (Å²) in [6.45, 7) is 1.42. The Balaban J connectivity index is 1.12. The van der Waals surface area contributed by atoms with E-state index in [4.69, 9.17) is 23.2 Å². The summed E-state index contributed by atoms with van der Waals surface area (Å²) in [5.41, 5.74) is 4.81. The molecule has 0 bridgehead atoms. The minimum absolute atomic E-state index is 0.00227. The lowest BCUT2D eigenvalue weighted by atomic mass is 9.76. The summed E-state index contributed by atoms with van der Waals surface area (Å²) in [7, 11) is 0. The highest BCUT2D eigenvalue weighted by atomic mass is 35.5. The number of imide groups is 1. The molecule has 1 atom stereocenters. The highest BCUT2D eigenvalue weighted by molar-refractivity contribution is 6.35. The van der Waals surface area contributed by atoms with E-state index in [2.05, 4.69) is 9.97 Å². The van der Waals surface area contributed by atoms with Crippen molar-refractivity contribution in [3.63, 3.8) is 0 Å². The summed E-state index contributed by atoms with van der Waals surface area (Å²) in [5, 5.41) is 11.4. The highest BCUT2D eigenvalue weighted by Gasteiger charge is 2.40. The number of aromatic amines is 1. The summed E-state index contributed by atoms with van der Waals surface area (Å²) in [5.74, 6) is -0.289. The summed E-state index contributed by atoms with van der Waals surface area (Å²) in [6.07, 6.45) is 6.92. The molecule has 1 unspecified atom stereocenters. The first-order chi connectivity index (χ1) is 19.3. The van der Waals surface area contributed by atoms with Gasteiger partial charge >= 0.3 is 0 Å². The average Bonchev–Trinajstić information content (AvgIpc) is 3.08. The topological polar surface area (TPSA) is 105 Å². The van der Waals surface area contributed by atoms with Crippen LogP contribution in [-0.4, -0.2) is 57.2 Å². The molecular formula is C30H29Cl2N4O4+. The maximum Gasteiger partial charge on any atom is 0.280 e. The zero-order valence-electron chi connectivity index (χ0n) is 21.8. The Bertz CT molecular complexity index is 1480. The van der Waals surface area contributed by atoms with Crippen LogP contribution < -0.4 is 4.98 Å². The fourth-order valence-corrected chi connectivity index (χ4v) is 7.12. The predicted octanol–water partition coefficient (Wildman–Crippen LogP) is 4.45. The first-order valence-corrected chi connectivity index (χ1v) is 14.4. The van der Waals surface area contributed by atoms with Crippen molar-refractivity contribution in [2.45, 2.75) is 44.4 Å². The van der Waals surface area contributed by atoms with Gasteiger partial charge in [0.05, 0.1) is 11.5 Å². The van der Waals surface area contributed by atoms with Crippen LogP contribution in [0.5, 0.6) is 5.75 Å². The van der Waals surface area contributed by atoms with E-state index < -0.39 is 5.91 Å². The van der Waals surface area contributed by atoms with E-state index in [-0.39, 0.29) is 48.1 Å². The number of aromatic hydroxyl groups is 1. The molecule has 6 rings (SSSR count). The number of aryl methyl sites for hydroxylation is 2. The molecule has 10 heteroatoms. The summed E-state index contributed by atoms with van der Waals surface area (Å²) in [4.78, 5) is 48.6. The number of fused-ring (bicyclic) bond motifs is 3. The third-order valence-corrected chi connectivity index (χ3v) is 8.91. The summed E-state index contributed by atoms with van der Waals surface area (Å²) >= 11 is 13.2. The van der Waals surface area contributed by atoms with Gasteiger partial charge in [-0.05, 0) is 79.5 Å². The van der Waals surface area contributed by atoms with Crippen molar-refractivity contribution in [3.05, 3.63) is 86.4 Å². The largest absolute Gasteiger partial charge is 0.503 e. The van der Waals surface area contributed by atoms with Crippen molar-refractivity contribution in [1.29, 1.82) is 0 Å². The number of H-pyrrole nitrogens is 1. The number of halogens is 2. The third-order valence-electron chi connectivity index (χ3n) is 8.38. The van der Waals surface area contributed by atoms with Crippen molar-refractivity contribution in [3.8, 4) is 5.75 Å². The maximum atomic E-state index is 13.1. The second-order valence-corrected chi connectivity index (χ2v) is 11.6. The Morgan fingerprint density at radius 2 is 1.85 bits per heavy atom. The number of hydrogen-bond donors (Lipinski definition) is 1. The number of nitrogens with one attached hydrogen (secondary N) is 1. The molecule has 2 aliphatic heterocycles. The van der Waals surface area contributed by atoms with E-state index in [1.165, 1.54) is 11.1 Å². The van der Waals surface area contributed by atoms with Gasteiger partial charge in [-0.15, -0.1) is 0 Å². The quantitative estimate of drug-likeness (QED) is 0.449. The molecule has 3 aromatic rings. The number of hydrogen-bond acceptors (Lipinski definition) is 5. The van der Waals surface area contributed by atoms with Gasteiger partial charge in [-0.25, -0.2) is 4.98 Å². The first kappa shape index (κ1) is 26.7. The van der Waals surface area contributed by atoms with Gasteiger partial charge < -0.3 is 10.0 Å². The van der Waals surface area contributed by atoms with Gasteiger partial charge in [0.25, 0.3) is 11.8 Å². The maximum absolute atomic E-state index is 13.1. The van der Waals surface area contributed by atoms with E-state index in [0.29, 0.717) is 35.1 Å². The van der Waals surface area contributed by atoms with E-state index in [1.54, 1.807) is 24.4 Å². The molecule has 1 saturated heterocycles. The van der Waals surface area contributed by atoms with E-state index in [9.17, 15) is 19.5 Å². The summed E-state index contributed by atoms with van der Waals surface area (Å²) in [6, 6.07) is 8.85. The Morgan fingerprint density at radius 3 is 2.62 bits per heavy atom. The molecule has 206 valence electrons. The number of carbonyl (C=O) groups is 3. The number of aromatic nitrogens is 2. The molecule has 3 amide bonds. The molecule has 2 N–H and O–H groups in total. The molecule has 0 radical (unpaired) electrons. The van der Waals surface area contributed by atoms with Crippen molar-refractivity contribution in [1.82, 2.24) is 14.8 Å². The lowest BCUT2D eigenvalue weighted by molar-refractivity contribution is -0.395. The predicted molar refractivity (Wildman–Crippen MR) is 149 cm³/mol. The van der Waals surface area contributed by atoms with Crippen LogP contribution in [0, 0.1) is 5.92 Å². The van der Waals surface area contributed by atoms with E-state index in [1.807, 2.05) is 17.0 Å². The van der Waals surface area contributed by atoms with Crippen molar-refractivity contribution >= 4 is 40.9 Å². The minimum Gasteiger partial charge on any atom is -0.503 e. The van der Waals surface area contributed by atoms with Crippen LogP contribution in [0.4, 0.5) is 0 Å². The van der Waals surface area contributed by atoms with Crippen molar-refractivity contribution in [2.75, 3.05) is 19.6 Å². The smallest absolute Gasteiger partial charge is 0.280 e. The third kappa shape index (κ3) is 4.84. The standard InChI is InChI=1S/C30H28Cl2N4O4/c31-20-13-18-5-6-19-14-21(37)16-34-27(19)26(25(18)23(32)15-20)17-7-11-35(12-8-17)24(38)4-2-10-36-29(39)22-3-1-9-33-28(22)30(36)40/h1,3,9,13-17,26,37H,2,4-8,10-12H2/p+1. The SMILES string of the molecule is O=C(CCCN1C(=O)c2cccnc2C1=O)N1CCC(C2c3[nH+]cc(O)cc3CCc3cc(Cl)cc(Cl)c32)CC1. The number of piperidine rings is 1. The number of benzene rings is 1. The Kier molecular flexibility index (Phi) is 7.23. The van der Waals surface area contributed by atoms with Crippen LogP contribution in [0.25, 0.3) is 0 Å². The zero-order chi connectivity index (χ0) is 28.0. The van der Waals surface area contributed by atoms with Gasteiger partial charge in [0.15, 0.2) is 11.4 Å². The molecule has 1 aliphatic carbocycles. The lowest BCUT2D eigenvalue weighted by Crippen LogP contribution is -2.41. The van der Waals surface area contributed by atoms with Gasteiger partial charge in [-0.3, -0.25) is 24.3 Å². The fraction of sp³-hybridized carbons (Fsp3) is 0.367. The molecule has 2 aromatic heterocycles. The van der Waals surface area contributed by atoms with Crippen LogP contribution in [0.3, 0.4) is 0 Å². The first-order valence-electron chi connectivity index (χ1n) is 13.6. The Morgan fingerprint density at radius 1 is 1.07 bits per heavy atom. The summed E-state index contributed by atoms with van der Waals surface area (Å²) < 4.78 is 0. The van der Waals surface area contributed by atoms with Crippen LogP contribution in [0.1, 0.15) is 74.8 Å². The van der Waals surface area contributed by atoms with Crippen LogP contribution >= 0.6 is 23.2 Å². The minimum atomic E-state index is -0.400. The molecule has 8 nitrogen and oxygen atoms in total. The van der Waals surface area contributed by atoms with Crippen LogP contribution in [0.15, 0.2) is 42.7 Å². The number of rotatable bonds is 5. The highest BCUT2D eigenvalue weighted by Crippen LogP contribution is 2.45. The Labute approximate surface area is 241 Å². The lowest BCUT2D eigenvalue weighted by Gasteiger charge is -2.36. The van der Waals surface area contributed by atoms with Crippen molar-refractivity contribution in [2.24, 2.45) is 5.92 Å². The van der Waals surface area contributed by atoms with Crippen LogP contribution in [-0.2, 0) is 17.6 Å². The van der Waals surface area contributed by atoms with E-state index >= 15 is 0 Å². The molecule has 3 aliphatic rings. The number of nitrogens with zero attached hydrogens (tertiary/aromatic N) is 3. The Hall–Kier alpha value is -3.49.